The number of carbonyl (C=O) groups is 1. The molecule has 5 heteroatoms. The van der Waals surface area contributed by atoms with Gasteiger partial charge in [0.05, 0.1) is 24.6 Å². The summed E-state index contributed by atoms with van der Waals surface area (Å²) in [5, 5.41) is 10.4. The third-order valence-corrected chi connectivity index (χ3v) is 3.86. The van der Waals surface area contributed by atoms with E-state index in [1.807, 2.05) is 30.3 Å². The molecular formula is C19H19NO4. The zero-order valence-electron chi connectivity index (χ0n) is 13.4. The van der Waals surface area contributed by atoms with Gasteiger partial charge in [0.1, 0.15) is 17.6 Å². The van der Waals surface area contributed by atoms with E-state index in [9.17, 15) is 9.90 Å². The molecule has 0 aliphatic heterocycles. The molecule has 0 unspecified atom stereocenters. The summed E-state index contributed by atoms with van der Waals surface area (Å²) in [7, 11) is 0. The normalized spacial score (nSPS) is 12.1. The number of furan rings is 2. The van der Waals surface area contributed by atoms with Crippen molar-refractivity contribution in [2.75, 3.05) is 6.54 Å². The Bertz CT molecular complexity index is 777. The van der Waals surface area contributed by atoms with E-state index in [-0.39, 0.29) is 12.5 Å². The first-order valence-electron chi connectivity index (χ1n) is 7.74. The largest absolute Gasteiger partial charge is 0.469 e. The minimum atomic E-state index is -0.889. The first-order chi connectivity index (χ1) is 11.6. The second-order valence-corrected chi connectivity index (χ2v) is 5.59. The summed E-state index contributed by atoms with van der Waals surface area (Å²) in [4.78, 5) is 14.5. The van der Waals surface area contributed by atoms with Crippen LogP contribution in [0.4, 0.5) is 0 Å². The van der Waals surface area contributed by atoms with Gasteiger partial charge in [-0.05, 0) is 30.7 Å². The van der Waals surface area contributed by atoms with Crippen molar-refractivity contribution in [3.63, 3.8) is 0 Å². The van der Waals surface area contributed by atoms with E-state index in [0.717, 1.165) is 5.56 Å². The van der Waals surface area contributed by atoms with Crippen LogP contribution in [0.5, 0.6) is 0 Å². The Balaban J connectivity index is 1.83. The van der Waals surface area contributed by atoms with Gasteiger partial charge in [-0.3, -0.25) is 4.79 Å². The maximum absolute atomic E-state index is 12.9. The van der Waals surface area contributed by atoms with Crippen molar-refractivity contribution in [3.8, 4) is 0 Å². The lowest BCUT2D eigenvalue weighted by Gasteiger charge is -2.24. The van der Waals surface area contributed by atoms with Gasteiger partial charge >= 0.3 is 0 Å². The summed E-state index contributed by atoms with van der Waals surface area (Å²) < 4.78 is 10.5. The lowest BCUT2D eigenvalue weighted by molar-refractivity contribution is 0.0561. The number of rotatable bonds is 6. The Hall–Kier alpha value is -2.79. The summed E-state index contributed by atoms with van der Waals surface area (Å²) >= 11 is 0. The minimum Gasteiger partial charge on any atom is -0.469 e. The molecule has 0 fully saturated rings. The Morgan fingerprint density at radius 1 is 1.08 bits per heavy atom. The fraction of sp³-hybridized carbons (Fsp3) is 0.211. The summed E-state index contributed by atoms with van der Waals surface area (Å²) in [5.41, 5.74) is 1.48. The SMILES string of the molecule is Cc1occc1C(=O)N(Cc1ccccc1)C[C@H](O)c1ccco1. The average Bonchev–Trinajstić information content (AvgIpc) is 3.26. The number of nitrogens with zero attached hydrogens (tertiary/aromatic N) is 1. The van der Waals surface area contributed by atoms with E-state index < -0.39 is 6.10 Å². The van der Waals surface area contributed by atoms with Crippen LogP contribution in [-0.2, 0) is 6.54 Å². The molecule has 0 saturated heterocycles. The number of carbonyl (C=O) groups excluding carboxylic acids is 1. The maximum atomic E-state index is 12.9. The van der Waals surface area contributed by atoms with E-state index in [1.54, 1.807) is 30.0 Å². The molecule has 0 aliphatic rings. The number of aliphatic hydroxyl groups is 1. The molecule has 5 nitrogen and oxygen atoms in total. The van der Waals surface area contributed by atoms with Crippen LogP contribution in [0.1, 0.15) is 33.5 Å². The first kappa shape index (κ1) is 16.1. The van der Waals surface area contributed by atoms with E-state index in [0.29, 0.717) is 23.6 Å². The van der Waals surface area contributed by atoms with Crippen molar-refractivity contribution in [1.82, 2.24) is 4.90 Å². The van der Waals surface area contributed by atoms with Gasteiger partial charge in [-0.2, -0.15) is 0 Å². The minimum absolute atomic E-state index is 0.131. The Morgan fingerprint density at radius 2 is 1.88 bits per heavy atom. The second kappa shape index (κ2) is 7.19. The predicted octanol–water partition coefficient (Wildman–Crippen LogP) is 3.56. The van der Waals surface area contributed by atoms with Crippen LogP contribution in [0.25, 0.3) is 0 Å². The summed E-state index contributed by atoms with van der Waals surface area (Å²) in [5.74, 6) is 0.811. The fourth-order valence-corrected chi connectivity index (χ4v) is 2.58. The standard InChI is InChI=1S/C19H19NO4/c1-14-16(9-11-23-14)19(22)20(12-15-6-3-2-4-7-15)13-17(21)18-8-5-10-24-18/h2-11,17,21H,12-13H2,1H3/t17-/m0/s1. The summed E-state index contributed by atoms with van der Waals surface area (Å²) in [6.07, 6.45) is 2.11. The molecule has 0 aliphatic carbocycles. The van der Waals surface area contributed by atoms with Gasteiger partial charge in [-0.25, -0.2) is 0 Å². The second-order valence-electron chi connectivity index (χ2n) is 5.59. The first-order valence-corrected chi connectivity index (χ1v) is 7.74. The molecule has 124 valence electrons. The molecule has 0 spiro atoms. The van der Waals surface area contributed by atoms with Crippen LogP contribution in [0.3, 0.4) is 0 Å². The molecule has 1 amide bonds. The number of amides is 1. The Labute approximate surface area is 140 Å². The van der Waals surface area contributed by atoms with Crippen molar-refractivity contribution in [2.45, 2.75) is 19.6 Å². The monoisotopic (exact) mass is 325 g/mol. The number of hydrogen-bond donors (Lipinski definition) is 1. The van der Waals surface area contributed by atoms with Crippen LogP contribution < -0.4 is 0 Å². The van der Waals surface area contributed by atoms with E-state index in [2.05, 4.69) is 0 Å². The van der Waals surface area contributed by atoms with Crippen molar-refractivity contribution in [2.24, 2.45) is 0 Å². The molecule has 0 saturated carbocycles. The van der Waals surface area contributed by atoms with E-state index >= 15 is 0 Å². The topological polar surface area (TPSA) is 66.8 Å². The zero-order chi connectivity index (χ0) is 16.9. The highest BCUT2D eigenvalue weighted by Gasteiger charge is 2.23. The molecule has 3 aromatic rings. The Kier molecular flexibility index (Phi) is 4.82. The van der Waals surface area contributed by atoms with Gasteiger partial charge in [0, 0.05) is 6.54 Å². The zero-order valence-corrected chi connectivity index (χ0v) is 13.4. The molecule has 0 bridgehead atoms. The highest BCUT2D eigenvalue weighted by molar-refractivity contribution is 5.95. The lowest BCUT2D eigenvalue weighted by Crippen LogP contribution is -2.34. The molecule has 1 aromatic carbocycles. The van der Waals surface area contributed by atoms with Crippen LogP contribution in [-0.4, -0.2) is 22.5 Å². The highest BCUT2D eigenvalue weighted by atomic mass is 16.4. The number of aryl methyl sites for hydroxylation is 1. The van der Waals surface area contributed by atoms with Crippen molar-refractivity contribution in [3.05, 3.63) is 83.7 Å². The van der Waals surface area contributed by atoms with Gasteiger partial charge in [0.15, 0.2) is 0 Å². The van der Waals surface area contributed by atoms with Gasteiger partial charge in [0.25, 0.3) is 5.91 Å². The van der Waals surface area contributed by atoms with E-state index in [4.69, 9.17) is 8.83 Å². The third-order valence-electron chi connectivity index (χ3n) is 3.86. The van der Waals surface area contributed by atoms with Crippen molar-refractivity contribution in [1.29, 1.82) is 0 Å². The lowest BCUT2D eigenvalue weighted by atomic mass is 10.1. The van der Waals surface area contributed by atoms with Gasteiger partial charge in [-0.15, -0.1) is 0 Å². The van der Waals surface area contributed by atoms with Crippen LogP contribution in [0, 0.1) is 6.92 Å². The van der Waals surface area contributed by atoms with Crippen LogP contribution >= 0.6 is 0 Å². The predicted molar refractivity (Wildman–Crippen MR) is 88.3 cm³/mol. The molecule has 1 N–H and O–H groups in total. The smallest absolute Gasteiger partial charge is 0.257 e. The summed E-state index contributed by atoms with van der Waals surface area (Å²) in [6.45, 7) is 2.27. The van der Waals surface area contributed by atoms with Gasteiger partial charge in [0.2, 0.25) is 0 Å². The quantitative estimate of drug-likeness (QED) is 0.752. The van der Waals surface area contributed by atoms with Gasteiger partial charge in [-0.1, -0.05) is 30.3 Å². The summed E-state index contributed by atoms with van der Waals surface area (Å²) in [6, 6.07) is 14.7. The molecule has 2 heterocycles. The fourth-order valence-electron chi connectivity index (χ4n) is 2.58. The Morgan fingerprint density at radius 3 is 2.50 bits per heavy atom. The van der Waals surface area contributed by atoms with Crippen molar-refractivity contribution < 1.29 is 18.7 Å². The number of hydrogen-bond acceptors (Lipinski definition) is 4. The average molecular weight is 325 g/mol. The van der Waals surface area contributed by atoms with E-state index in [1.165, 1.54) is 12.5 Å². The third kappa shape index (κ3) is 3.58. The van der Waals surface area contributed by atoms with Crippen LogP contribution in [0.15, 0.2) is 69.9 Å². The molecule has 0 radical (unpaired) electrons. The molecule has 1 atom stereocenters. The molecule has 3 rings (SSSR count). The molecule has 24 heavy (non-hydrogen) atoms. The van der Waals surface area contributed by atoms with Crippen LogP contribution in [0.2, 0.25) is 0 Å². The molecule has 2 aromatic heterocycles. The van der Waals surface area contributed by atoms with Gasteiger partial charge < -0.3 is 18.8 Å². The van der Waals surface area contributed by atoms with Crippen molar-refractivity contribution >= 4 is 5.91 Å². The maximum Gasteiger partial charge on any atom is 0.257 e. The number of aliphatic hydroxyl groups excluding tert-OH is 1. The highest BCUT2D eigenvalue weighted by Crippen LogP contribution is 2.20. The number of benzene rings is 1. The molecular weight excluding hydrogens is 306 g/mol.